The van der Waals surface area contributed by atoms with E-state index >= 15 is 0 Å². The minimum absolute atomic E-state index is 0.303. The highest BCUT2D eigenvalue weighted by Gasteiger charge is 2.13. The van der Waals surface area contributed by atoms with Gasteiger partial charge in [0.25, 0.3) is 0 Å². The lowest BCUT2D eigenvalue weighted by atomic mass is 10.2. The lowest BCUT2D eigenvalue weighted by Crippen LogP contribution is -2.04. The zero-order chi connectivity index (χ0) is 11.7. The first-order valence-electron chi connectivity index (χ1n) is 5.30. The van der Waals surface area contributed by atoms with E-state index in [0.717, 1.165) is 22.9 Å². The lowest BCUT2D eigenvalue weighted by molar-refractivity contribution is 0.174. The zero-order valence-corrected chi connectivity index (χ0v) is 9.38. The van der Waals surface area contributed by atoms with E-state index in [9.17, 15) is 0 Å². The smallest absolute Gasteiger partial charge is 0.231 e. The summed E-state index contributed by atoms with van der Waals surface area (Å²) in [5, 5.41) is 10.9. The van der Waals surface area contributed by atoms with E-state index in [1.54, 1.807) is 10.9 Å². The van der Waals surface area contributed by atoms with Crippen molar-refractivity contribution in [1.82, 2.24) is 15.0 Å². The van der Waals surface area contributed by atoms with Gasteiger partial charge in [-0.2, -0.15) is 0 Å². The summed E-state index contributed by atoms with van der Waals surface area (Å²) >= 11 is 0. The number of nitrogens with zero attached hydrogens (tertiary/aromatic N) is 3. The van der Waals surface area contributed by atoms with Crippen molar-refractivity contribution >= 4 is 5.82 Å². The van der Waals surface area contributed by atoms with E-state index < -0.39 is 0 Å². The SMILES string of the molecule is Cn1nncc1NCc1ccc2c(c1)OCO2. The molecule has 88 valence electrons. The highest BCUT2D eigenvalue weighted by molar-refractivity contribution is 5.45. The normalized spacial score (nSPS) is 12.8. The van der Waals surface area contributed by atoms with Gasteiger partial charge >= 0.3 is 0 Å². The van der Waals surface area contributed by atoms with Gasteiger partial charge in [0.05, 0.1) is 6.20 Å². The van der Waals surface area contributed by atoms with Crippen LogP contribution < -0.4 is 14.8 Å². The monoisotopic (exact) mass is 232 g/mol. The molecule has 0 amide bonds. The maximum Gasteiger partial charge on any atom is 0.231 e. The molecular formula is C11H12N4O2. The van der Waals surface area contributed by atoms with Crippen molar-refractivity contribution in [2.45, 2.75) is 6.54 Å². The second-order valence-electron chi connectivity index (χ2n) is 3.78. The van der Waals surface area contributed by atoms with Gasteiger partial charge in [-0.3, -0.25) is 0 Å². The highest BCUT2D eigenvalue weighted by Crippen LogP contribution is 2.32. The van der Waals surface area contributed by atoms with Gasteiger partial charge in [0.1, 0.15) is 5.82 Å². The highest BCUT2D eigenvalue weighted by atomic mass is 16.7. The van der Waals surface area contributed by atoms with Crippen LogP contribution in [0.5, 0.6) is 11.5 Å². The van der Waals surface area contributed by atoms with Gasteiger partial charge in [0.2, 0.25) is 6.79 Å². The fourth-order valence-corrected chi connectivity index (χ4v) is 1.69. The fraction of sp³-hybridized carbons (Fsp3) is 0.273. The Bertz CT molecular complexity index is 538. The first-order valence-corrected chi connectivity index (χ1v) is 5.30. The molecule has 1 aliphatic heterocycles. The summed E-state index contributed by atoms with van der Waals surface area (Å²) in [5.74, 6) is 2.48. The third-order valence-corrected chi connectivity index (χ3v) is 2.63. The Balaban J connectivity index is 1.72. The van der Waals surface area contributed by atoms with Crippen LogP contribution >= 0.6 is 0 Å². The van der Waals surface area contributed by atoms with Crippen LogP contribution in [-0.2, 0) is 13.6 Å². The van der Waals surface area contributed by atoms with Crippen molar-refractivity contribution in [2.24, 2.45) is 7.05 Å². The van der Waals surface area contributed by atoms with Gasteiger partial charge in [-0.1, -0.05) is 11.3 Å². The van der Waals surface area contributed by atoms with Crippen LogP contribution in [-0.4, -0.2) is 21.8 Å². The van der Waals surface area contributed by atoms with Gasteiger partial charge in [-0.25, -0.2) is 4.68 Å². The molecule has 2 aromatic rings. The number of anilines is 1. The van der Waals surface area contributed by atoms with Gasteiger partial charge in [-0.05, 0) is 17.7 Å². The van der Waals surface area contributed by atoms with Gasteiger partial charge < -0.3 is 14.8 Å². The number of hydrogen-bond acceptors (Lipinski definition) is 5. The fourth-order valence-electron chi connectivity index (χ4n) is 1.69. The molecule has 1 aliphatic rings. The van der Waals surface area contributed by atoms with Crippen molar-refractivity contribution in [3.63, 3.8) is 0 Å². The summed E-state index contributed by atoms with van der Waals surface area (Å²) in [4.78, 5) is 0. The molecule has 0 bridgehead atoms. The molecule has 0 unspecified atom stereocenters. The van der Waals surface area contributed by atoms with Crippen molar-refractivity contribution in [1.29, 1.82) is 0 Å². The Morgan fingerprint density at radius 3 is 3.06 bits per heavy atom. The van der Waals surface area contributed by atoms with Gasteiger partial charge in [-0.15, -0.1) is 5.10 Å². The number of aromatic nitrogens is 3. The molecule has 6 heteroatoms. The van der Waals surface area contributed by atoms with Crippen LogP contribution in [0.2, 0.25) is 0 Å². The Morgan fingerprint density at radius 2 is 2.24 bits per heavy atom. The summed E-state index contributed by atoms with van der Waals surface area (Å²) in [5.41, 5.74) is 1.12. The molecule has 6 nitrogen and oxygen atoms in total. The number of hydrogen-bond donors (Lipinski definition) is 1. The second-order valence-corrected chi connectivity index (χ2v) is 3.78. The van der Waals surface area contributed by atoms with Crippen LogP contribution in [0.25, 0.3) is 0 Å². The molecule has 1 aromatic carbocycles. The Kier molecular flexibility index (Phi) is 2.32. The van der Waals surface area contributed by atoms with Crippen molar-refractivity contribution in [3.05, 3.63) is 30.0 Å². The van der Waals surface area contributed by atoms with Crippen LogP contribution in [0.1, 0.15) is 5.56 Å². The van der Waals surface area contributed by atoms with Gasteiger partial charge in [0.15, 0.2) is 11.5 Å². The van der Waals surface area contributed by atoms with Crippen molar-refractivity contribution < 1.29 is 9.47 Å². The van der Waals surface area contributed by atoms with E-state index in [4.69, 9.17) is 9.47 Å². The molecule has 1 N–H and O–H groups in total. The van der Waals surface area contributed by atoms with Crippen LogP contribution in [0, 0.1) is 0 Å². The average Bonchev–Trinajstić information content (AvgIpc) is 2.94. The topological polar surface area (TPSA) is 61.2 Å². The number of benzene rings is 1. The largest absolute Gasteiger partial charge is 0.454 e. The van der Waals surface area contributed by atoms with Crippen LogP contribution in [0.4, 0.5) is 5.82 Å². The van der Waals surface area contributed by atoms with Gasteiger partial charge in [0, 0.05) is 13.6 Å². The van der Waals surface area contributed by atoms with Crippen molar-refractivity contribution in [3.8, 4) is 11.5 Å². The Morgan fingerprint density at radius 1 is 1.35 bits per heavy atom. The first-order chi connectivity index (χ1) is 8.33. The standard InChI is InChI=1S/C11H12N4O2/c1-15-11(6-13-14-15)12-5-8-2-3-9-10(4-8)17-7-16-9/h2-4,6,12H,5,7H2,1H3. The van der Waals surface area contributed by atoms with E-state index in [1.165, 1.54) is 0 Å². The van der Waals surface area contributed by atoms with E-state index in [1.807, 2.05) is 25.2 Å². The molecule has 0 saturated heterocycles. The summed E-state index contributed by atoms with van der Waals surface area (Å²) in [7, 11) is 1.84. The third-order valence-electron chi connectivity index (χ3n) is 2.63. The number of fused-ring (bicyclic) bond motifs is 1. The number of nitrogens with one attached hydrogen (secondary N) is 1. The molecular weight excluding hydrogens is 220 g/mol. The first kappa shape index (κ1) is 9.95. The molecule has 0 radical (unpaired) electrons. The predicted octanol–water partition coefficient (Wildman–Crippen LogP) is 1.16. The predicted molar refractivity (Wildman–Crippen MR) is 60.9 cm³/mol. The summed E-state index contributed by atoms with van der Waals surface area (Å²) in [6, 6.07) is 5.89. The lowest BCUT2D eigenvalue weighted by Gasteiger charge is -2.06. The molecule has 0 atom stereocenters. The Hall–Kier alpha value is -2.24. The maximum atomic E-state index is 5.32. The molecule has 2 heterocycles. The summed E-state index contributed by atoms with van der Waals surface area (Å²) in [6.45, 7) is 0.996. The maximum absolute atomic E-state index is 5.32. The summed E-state index contributed by atoms with van der Waals surface area (Å²) < 4.78 is 12.3. The molecule has 3 rings (SSSR count). The van der Waals surface area contributed by atoms with E-state index in [-0.39, 0.29) is 0 Å². The third kappa shape index (κ3) is 1.89. The Labute approximate surface area is 98.1 Å². The van der Waals surface area contributed by atoms with Crippen LogP contribution in [0.15, 0.2) is 24.4 Å². The van der Waals surface area contributed by atoms with Crippen LogP contribution in [0.3, 0.4) is 0 Å². The van der Waals surface area contributed by atoms with E-state index in [0.29, 0.717) is 13.3 Å². The minimum Gasteiger partial charge on any atom is -0.454 e. The number of ether oxygens (including phenoxy) is 2. The molecule has 0 saturated carbocycles. The number of rotatable bonds is 3. The zero-order valence-electron chi connectivity index (χ0n) is 9.38. The molecule has 0 fully saturated rings. The molecule has 0 aliphatic carbocycles. The molecule has 1 aromatic heterocycles. The second kappa shape index (κ2) is 3.97. The quantitative estimate of drug-likeness (QED) is 0.860. The summed E-state index contributed by atoms with van der Waals surface area (Å²) in [6.07, 6.45) is 1.69. The van der Waals surface area contributed by atoms with Crippen molar-refractivity contribution in [2.75, 3.05) is 12.1 Å². The minimum atomic E-state index is 0.303. The number of aryl methyl sites for hydroxylation is 1. The average molecular weight is 232 g/mol. The molecule has 17 heavy (non-hydrogen) atoms. The molecule has 0 spiro atoms. The van der Waals surface area contributed by atoms with E-state index in [2.05, 4.69) is 15.6 Å².